The summed E-state index contributed by atoms with van der Waals surface area (Å²) in [7, 11) is -1.57. The minimum Gasteiger partial charge on any atom is -0.356 e. The van der Waals surface area contributed by atoms with Crippen molar-refractivity contribution in [1.29, 1.82) is 0 Å². The Morgan fingerprint density at radius 1 is 1.24 bits per heavy atom. The minimum absolute atomic E-state index is 0.491. The molecule has 0 saturated carbocycles. The maximum Gasteiger partial charge on any atom is 0.229 e. The number of hydrogen-bond acceptors (Lipinski definition) is 3. The molecule has 0 saturated heterocycles. The minimum atomic E-state index is -3.29. The number of sulfonamides is 1. The summed E-state index contributed by atoms with van der Waals surface area (Å²) >= 11 is 0. The van der Waals surface area contributed by atoms with Crippen molar-refractivity contribution >= 4 is 21.7 Å². The molecule has 1 aromatic rings. The lowest BCUT2D eigenvalue weighted by atomic mass is 10.2. The number of nitrogens with zero attached hydrogens (tertiary/aromatic N) is 1. The van der Waals surface area contributed by atoms with Crippen LogP contribution in [0.3, 0.4) is 0 Å². The fraction of sp³-hybridized carbons (Fsp3) is 0.500. The number of hydrogen-bond donors (Lipinski definition) is 3. The second-order valence-electron chi connectivity index (χ2n) is 4.74. The number of rotatable bonds is 7. The van der Waals surface area contributed by atoms with Crippen molar-refractivity contribution in [1.82, 2.24) is 10.6 Å². The summed E-state index contributed by atoms with van der Waals surface area (Å²) in [5, 5.41) is 6.38. The third kappa shape index (κ3) is 6.99. The van der Waals surface area contributed by atoms with Crippen molar-refractivity contribution in [2.75, 3.05) is 24.6 Å². The van der Waals surface area contributed by atoms with E-state index in [1.807, 2.05) is 12.1 Å². The number of para-hydroxylation sites is 1. The summed E-state index contributed by atoms with van der Waals surface area (Å²) in [4.78, 5) is 4.13. The number of nitrogens with one attached hydrogen (secondary N) is 3. The van der Waals surface area contributed by atoms with Crippen molar-refractivity contribution in [2.45, 2.75) is 26.3 Å². The number of aliphatic imine (C=N–C) groups is 1. The van der Waals surface area contributed by atoms with E-state index in [1.54, 1.807) is 19.2 Å². The summed E-state index contributed by atoms with van der Waals surface area (Å²) in [6.45, 7) is 3.48. The summed E-state index contributed by atoms with van der Waals surface area (Å²) in [5.74, 6) is 0.706. The molecule has 0 bridgehead atoms. The Hall–Kier alpha value is -1.76. The van der Waals surface area contributed by atoms with E-state index in [0.717, 1.165) is 31.2 Å². The van der Waals surface area contributed by atoms with E-state index in [0.29, 0.717) is 18.2 Å². The number of unbranched alkanes of at least 4 members (excludes halogenated alkanes) is 1. The zero-order valence-corrected chi connectivity index (χ0v) is 13.6. The normalized spacial score (nSPS) is 12.0. The Bertz CT molecular complexity index is 570. The molecule has 0 aliphatic carbocycles. The van der Waals surface area contributed by atoms with Gasteiger partial charge in [0.05, 0.1) is 11.9 Å². The average Bonchev–Trinajstić information content (AvgIpc) is 2.42. The van der Waals surface area contributed by atoms with Crippen molar-refractivity contribution in [2.24, 2.45) is 4.99 Å². The van der Waals surface area contributed by atoms with Crippen LogP contribution in [-0.2, 0) is 16.6 Å². The Morgan fingerprint density at radius 3 is 2.57 bits per heavy atom. The van der Waals surface area contributed by atoms with E-state index in [-0.39, 0.29) is 0 Å². The van der Waals surface area contributed by atoms with Gasteiger partial charge in [0.1, 0.15) is 0 Å². The highest BCUT2D eigenvalue weighted by Crippen LogP contribution is 2.15. The third-order valence-corrected chi connectivity index (χ3v) is 3.40. The summed E-state index contributed by atoms with van der Waals surface area (Å²) in [6, 6.07) is 7.29. The zero-order chi connectivity index (χ0) is 15.7. The van der Waals surface area contributed by atoms with Gasteiger partial charge in [-0.05, 0) is 18.1 Å². The van der Waals surface area contributed by atoms with Crippen LogP contribution in [0.2, 0.25) is 0 Å². The lowest BCUT2D eigenvalue weighted by molar-refractivity contribution is 0.606. The summed E-state index contributed by atoms with van der Waals surface area (Å²) < 4.78 is 25.2. The highest BCUT2D eigenvalue weighted by molar-refractivity contribution is 7.92. The lowest BCUT2D eigenvalue weighted by Crippen LogP contribution is -2.37. The monoisotopic (exact) mass is 312 g/mol. The molecule has 0 aliphatic rings. The predicted molar refractivity (Wildman–Crippen MR) is 88.0 cm³/mol. The Kier molecular flexibility index (Phi) is 7.01. The third-order valence-electron chi connectivity index (χ3n) is 2.81. The van der Waals surface area contributed by atoms with Crippen molar-refractivity contribution in [3.05, 3.63) is 29.8 Å². The van der Waals surface area contributed by atoms with Crippen LogP contribution in [0.5, 0.6) is 0 Å². The molecule has 0 aliphatic heterocycles. The fourth-order valence-corrected chi connectivity index (χ4v) is 2.36. The molecule has 0 spiro atoms. The van der Waals surface area contributed by atoms with E-state index in [1.165, 1.54) is 0 Å². The van der Waals surface area contributed by atoms with Gasteiger partial charge in [-0.1, -0.05) is 31.5 Å². The van der Waals surface area contributed by atoms with Gasteiger partial charge in [-0.3, -0.25) is 9.71 Å². The molecule has 0 unspecified atom stereocenters. The molecule has 0 fully saturated rings. The number of benzene rings is 1. The van der Waals surface area contributed by atoms with Gasteiger partial charge in [0.15, 0.2) is 5.96 Å². The van der Waals surface area contributed by atoms with Gasteiger partial charge in [0, 0.05) is 20.1 Å². The molecule has 0 heterocycles. The largest absolute Gasteiger partial charge is 0.356 e. The van der Waals surface area contributed by atoms with Crippen LogP contribution in [0.25, 0.3) is 0 Å². The van der Waals surface area contributed by atoms with Gasteiger partial charge in [0.25, 0.3) is 0 Å². The van der Waals surface area contributed by atoms with Crippen LogP contribution in [0.1, 0.15) is 25.3 Å². The van der Waals surface area contributed by atoms with E-state index >= 15 is 0 Å². The van der Waals surface area contributed by atoms with Crippen LogP contribution in [-0.4, -0.2) is 34.2 Å². The molecular formula is C14H24N4O2S. The highest BCUT2D eigenvalue weighted by Gasteiger charge is 2.07. The van der Waals surface area contributed by atoms with Crippen LogP contribution in [0.15, 0.2) is 29.3 Å². The molecule has 1 aromatic carbocycles. The molecule has 0 amide bonds. The first-order valence-corrected chi connectivity index (χ1v) is 8.85. The molecule has 21 heavy (non-hydrogen) atoms. The van der Waals surface area contributed by atoms with E-state index in [9.17, 15) is 8.42 Å². The number of guanidine groups is 1. The molecule has 6 nitrogen and oxygen atoms in total. The highest BCUT2D eigenvalue weighted by atomic mass is 32.2. The molecule has 3 N–H and O–H groups in total. The predicted octanol–water partition coefficient (Wildman–Crippen LogP) is 1.52. The summed E-state index contributed by atoms with van der Waals surface area (Å²) in [6.07, 6.45) is 3.33. The Balaban J connectivity index is 2.66. The molecular weight excluding hydrogens is 288 g/mol. The van der Waals surface area contributed by atoms with Gasteiger partial charge >= 0.3 is 0 Å². The molecule has 118 valence electrons. The van der Waals surface area contributed by atoms with Gasteiger partial charge in [0.2, 0.25) is 10.0 Å². The van der Waals surface area contributed by atoms with E-state index in [4.69, 9.17) is 0 Å². The quantitative estimate of drug-likeness (QED) is 0.405. The Labute approximate surface area is 127 Å². The van der Waals surface area contributed by atoms with E-state index < -0.39 is 10.0 Å². The zero-order valence-electron chi connectivity index (χ0n) is 12.8. The van der Waals surface area contributed by atoms with Crippen LogP contribution < -0.4 is 15.4 Å². The molecule has 0 atom stereocenters. The van der Waals surface area contributed by atoms with Crippen molar-refractivity contribution < 1.29 is 8.42 Å². The van der Waals surface area contributed by atoms with Gasteiger partial charge in [-0.2, -0.15) is 0 Å². The molecule has 0 radical (unpaired) electrons. The summed E-state index contributed by atoms with van der Waals surface area (Å²) in [5.41, 5.74) is 1.44. The van der Waals surface area contributed by atoms with Crippen LogP contribution >= 0.6 is 0 Å². The first-order chi connectivity index (χ1) is 9.96. The Morgan fingerprint density at radius 2 is 1.95 bits per heavy atom. The lowest BCUT2D eigenvalue weighted by Gasteiger charge is -2.14. The SMILES string of the molecule is CCCCNC(=NC)NCc1ccccc1NS(C)(=O)=O. The van der Waals surface area contributed by atoms with E-state index in [2.05, 4.69) is 27.3 Å². The molecule has 7 heteroatoms. The smallest absolute Gasteiger partial charge is 0.229 e. The average molecular weight is 312 g/mol. The standard InChI is InChI=1S/C14H24N4O2S/c1-4-5-10-16-14(15-2)17-11-12-8-6-7-9-13(12)18-21(3,19)20/h6-9,18H,4-5,10-11H2,1-3H3,(H2,15,16,17). The number of anilines is 1. The first kappa shape index (κ1) is 17.3. The van der Waals surface area contributed by atoms with Crippen molar-refractivity contribution in [3.8, 4) is 0 Å². The second kappa shape index (κ2) is 8.51. The fourth-order valence-electron chi connectivity index (χ4n) is 1.76. The van der Waals surface area contributed by atoms with Gasteiger partial charge in [-0.15, -0.1) is 0 Å². The van der Waals surface area contributed by atoms with Crippen LogP contribution in [0, 0.1) is 0 Å². The topological polar surface area (TPSA) is 82.6 Å². The second-order valence-corrected chi connectivity index (χ2v) is 6.49. The maximum atomic E-state index is 11.4. The maximum absolute atomic E-state index is 11.4. The van der Waals surface area contributed by atoms with Gasteiger partial charge in [-0.25, -0.2) is 8.42 Å². The molecule has 0 aromatic heterocycles. The van der Waals surface area contributed by atoms with Gasteiger partial charge < -0.3 is 10.6 Å². The first-order valence-electron chi connectivity index (χ1n) is 6.96. The van der Waals surface area contributed by atoms with Crippen molar-refractivity contribution in [3.63, 3.8) is 0 Å². The van der Waals surface area contributed by atoms with Crippen LogP contribution in [0.4, 0.5) is 5.69 Å². The molecule has 1 rings (SSSR count).